The Morgan fingerprint density at radius 3 is 2.00 bits per heavy atom. The average molecular weight is 158 g/mol. The van der Waals surface area contributed by atoms with E-state index in [1.165, 1.54) is 0 Å². The van der Waals surface area contributed by atoms with Gasteiger partial charge in [-0.05, 0) is 33.7 Å². The van der Waals surface area contributed by atoms with Crippen molar-refractivity contribution in [3.63, 3.8) is 0 Å². The quantitative estimate of drug-likeness (QED) is 0.609. The standard InChI is InChI=1S/C9H22N2/c1-6-8(10-7-2)11-9(3,4)5/h8,10-11H,6-7H2,1-5H3. The molecule has 0 aromatic carbocycles. The Hall–Kier alpha value is -0.0800. The molecule has 0 rings (SSSR count). The second-order valence-electron chi connectivity index (χ2n) is 3.91. The van der Waals surface area contributed by atoms with Gasteiger partial charge in [0.2, 0.25) is 0 Å². The van der Waals surface area contributed by atoms with Crippen molar-refractivity contribution < 1.29 is 0 Å². The van der Waals surface area contributed by atoms with Gasteiger partial charge < -0.3 is 5.32 Å². The van der Waals surface area contributed by atoms with Crippen LogP contribution in [0.4, 0.5) is 0 Å². The summed E-state index contributed by atoms with van der Waals surface area (Å²) < 4.78 is 0. The maximum absolute atomic E-state index is 3.50. The summed E-state index contributed by atoms with van der Waals surface area (Å²) >= 11 is 0. The molecule has 0 aliphatic heterocycles. The van der Waals surface area contributed by atoms with Crippen molar-refractivity contribution in [2.45, 2.75) is 52.7 Å². The van der Waals surface area contributed by atoms with E-state index in [0.717, 1.165) is 13.0 Å². The van der Waals surface area contributed by atoms with Crippen LogP contribution in [0.5, 0.6) is 0 Å². The molecule has 0 spiro atoms. The maximum atomic E-state index is 3.50. The van der Waals surface area contributed by atoms with Gasteiger partial charge >= 0.3 is 0 Å². The molecule has 0 aromatic heterocycles. The van der Waals surface area contributed by atoms with E-state index >= 15 is 0 Å². The van der Waals surface area contributed by atoms with E-state index in [4.69, 9.17) is 0 Å². The molecule has 11 heavy (non-hydrogen) atoms. The first-order valence-electron chi connectivity index (χ1n) is 4.50. The van der Waals surface area contributed by atoms with E-state index in [9.17, 15) is 0 Å². The van der Waals surface area contributed by atoms with Crippen molar-refractivity contribution in [3.05, 3.63) is 0 Å². The van der Waals surface area contributed by atoms with Gasteiger partial charge in [-0.25, -0.2) is 0 Å². The largest absolute Gasteiger partial charge is 0.302 e. The van der Waals surface area contributed by atoms with Gasteiger partial charge in [0.1, 0.15) is 0 Å². The lowest BCUT2D eigenvalue weighted by Gasteiger charge is -2.28. The molecule has 2 heteroatoms. The molecule has 0 aliphatic carbocycles. The van der Waals surface area contributed by atoms with Crippen LogP contribution in [0.15, 0.2) is 0 Å². The van der Waals surface area contributed by atoms with Crippen molar-refractivity contribution in [1.82, 2.24) is 10.6 Å². The zero-order valence-corrected chi connectivity index (χ0v) is 8.49. The third-order valence-corrected chi connectivity index (χ3v) is 1.47. The average Bonchev–Trinajstić information content (AvgIpc) is 1.84. The molecule has 0 amide bonds. The highest BCUT2D eigenvalue weighted by Gasteiger charge is 2.13. The van der Waals surface area contributed by atoms with Crippen molar-refractivity contribution in [3.8, 4) is 0 Å². The molecule has 2 nitrogen and oxygen atoms in total. The van der Waals surface area contributed by atoms with Gasteiger partial charge in [0.05, 0.1) is 6.17 Å². The van der Waals surface area contributed by atoms with Crippen LogP contribution in [0.1, 0.15) is 41.0 Å². The number of hydrogen-bond donors (Lipinski definition) is 2. The normalized spacial score (nSPS) is 15.0. The van der Waals surface area contributed by atoms with Crippen LogP contribution in [0.2, 0.25) is 0 Å². The fourth-order valence-corrected chi connectivity index (χ4v) is 1.07. The van der Waals surface area contributed by atoms with Gasteiger partial charge in [-0.3, -0.25) is 5.32 Å². The van der Waals surface area contributed by atoms with Crippen molar-refractivity contribution in [2.24, 2.45) is 0 Å². The second kappa shape index (κ2) is 4.73. The molecule has 68 valence electrons. The first-order chi connectivity index (χ1) is 4.99. The van der Waals surface area contributed by atoms with Crippen LogP contribution in [0.25, 0.3) is 0 Å². The molecule has 0 aromatic rings. The molecular weight excluding hydrogens is 136 g/mol. The Bertz CT molecular complexity index is 94.2. The van der Waals surface area contributed by atoms with E-state index in [-0.39, 0.29) is 5.54 Å². The minimum Gasteiger partial charge on any atom is -0.302 e. The van der Waals surface area contributed by atoms with Crippen molar-refractivity contribution in [1.29, 1.82) is 0 Å². The summed E-state index contributed by atoms with van der Waals surface area (Å²) in [7, 11) is 0. The fourth-order valence-electron chi connectivity index (χ4n) is 1.07. The third kappa shape index (κ3) is 6.32. The Balaban J connectivity index is 3.68. The zero-order valence-electron chi connectivity index (χ0n) is 8.49. The molecule has 0 heterocycles. The van der Waals surface area contributed by atoms with Crippen LogP contribution in [0, 0.1) is 0 Å². The predicted molar refractivity (Wildman–Crippen MR) is 50.6 cm³/mol. The molecule has 0 bridgehead atoms. The van der Waals surface area contributed by atoms with Gasteiger partial charge in [0.15, 0.2) is 0 Å². The summed E-state index contributed by atoms with van der Waals surface area (Å²) in [4.78, 5) is 0. The maximum Gasteiger partial charge on any atom is 0.0572 e. The predicted octanol–water partition coefficient (Wildman–Crippen LogP) is 1.72. The monoisotopic (exact) mass is 158 g/mol. The topological polar surface area (TPSA) is 24.1 Å². The molecule has 0 radical (unpaired) electrons. The Morgan fingerprint density at radius 2 is 1.73 bits per heavy atom. The van der Waals surface area contributed by atoms with Gasteiger partial charge in [-0.1, -0.05) is 13.8 Å². The summed E-state index contributed by atoms with van der Waals surface area (Å²) in [6.07, 6.45) is 1.59. The van der Waals surface area contributed by atoms with Gasteiger partial charge in [0.25, 0.3) is 0 Å². The highest BCUT2D eigenvalue weighted by Crippen LogP contribution is 2.01. The Kier molecular flexibility index (Phi) is 4.69. The van der Waals surface area contributed by atoms with Crippen LogP contribution >= 0.6 is 0 Å². The summed E-state index contributed by atoms with van der Waals surface area (Å²) in [6.45, 7) is 11.9. The van der Waals surface area contributed by atoms with Gasteiger partial charge in [0, 0.05) is 5.54 Å². The minimum atomic E-state index is 0.211. The first kappa shape index (κ1) is 10.9. The Morgan fingerprint density at radius 1 is 1.18 bits per heavy atom. The van der Waals surface area contributed by atoms with Gasteiger partial charge in [-0.2, -0.15) is 0 Å². The molecule has 0 fully saturated rings. The number of nitrogens with one attached hydrogen (secondary N) is 2. The van der Waals surface area contributed by atoms with E-state index < -0.39 is 0 Å². The van der Waals surface area contributed by atoms with E-state index in [0.29, 0.717) is 6.17 Å². The van der Waals surface area contributed by atoms with Crippen LogP contribution in [-0.4, -0.2) is 18.2 Å². The summed E-state index contributed by atoms with van der Waals surface area (Å²) in [5, 5.41) is 6.87. The van der Waals surface area contributed by atoms with Crippen LogP contribution < -0.4 is 10.6 Å². The molecular formula is C9H22N2. The lowest BCUT2D eigenvalue weighted by molar-refractivity contribution is 0.314. The lowest BCUT2D eigenvalue weighted by Crippen LogP contribution is -2.50. The fraction of sp³-hybridized carbons (Fsp3) is 1.00. The SMILES string of the molecule is CCNC(CC)NC(C)(C)C. The van der Waals surface area contributed by atoms with Crippen molar-refractivity contribution >= 4 is 0 Å². The van der Waals surface area contributed by atoms with E-state index in [1.807, 2.05) is 0 Å². The van der Waals surface area contributed by atoms with Gasteiger partial charge in [-0.15, -0.1) is 0 Å². The summed E-state index contributed by atoms with van der Waals surface area (Å²) in [6, 6.07) is 0. The van der Waals surface area contributed by atoms with E-state index in [1.54, 1.807) is 0 Å². The number of rotatable bonds is 4. The van der Waals surface area contributed by atoms with Crippen LogP contribution in [-0.2, 0) is 0 Å². The molecule has 1 atom stereocenters. The zero-order chi connectivity index (χ0) is 8.91. The second-order valence-corrected chi connectivity index (χ2v) is 3.91. The summed E-state index contributed by atoms with van der Waals surface area (Å²) in [5.41, 5.74) is 0.211. The first-order valence-corrected chi connectivity index (χ1v) is 4.50. The molecule has 0 saturated heterocycles. The van der Waals surface area contributed by atoms with Crippen LogP contribution in [0.3, 0.4) is 0 Å². The summed E-state index contributed by atoms with van der Waals surface area (Å²) in [5.74, 6) is 0. The minimum absolute atomic E-state index is 0.211. The smallest absolute Gasteiger partial charge is 0.0572 e. The highest BCUT2D eigenvalue weighted by atomic mass is 15.1. The molecule has 0 aliphatic rings. The molecule has 1 unspecified atom stereocenters. The number of hydrogen-bond acceptors (Lipinski definition) is 2. The van der Waals surface area contributed by atoms with E-state index in [2.05, 4.69) is 45.3 Å². The third-order valence-electron chi connectivity index (χ3n) is 1.47. The molecule has 2 N–H and O–H groups in total. The highest BCUT2D eigenvalue weighted by molar-refractivity contribution is 4.75. The Labute approximate surface area is 70.8 Å². The van der Waals surface area contributed by atoms with Crippen molar-refractivity contribution in [2.75, 3.05) is 6.54 Å². The lowest BCUT2D eigenvalue weighted by atomic mass is 10.1. The molecule has 0 saturated carbocycles.